The van der Waals surface area contributed by atoms with Gasteiger partial charge in [0.1, 0.15) is 0 Å². The minimum atomic E-state index is -1.52. The number of unbranched alkanes of at least 4 members (excludes halogenated alkanes) is 2. The summed E-state index contributed by atoms with van der Waals surface area (Å²) in [4.78, 5) is 0. The molecule has 0 unspecified atom stereocenters. The Morgan fingerprint density at radius 3 is 2.09 bits per heavy atom. The average Bonchev–Trinajstić information content (AvgIpc) is 2.81. The summed E-state index contributed by atoms with van der Waals surface area (Å²) in [5.74, 6) is 2.29. The molecule has 0 aliphatic heterocycles. The van der Waals surface area contributed by atoms with Gasteiger partial charge in [-0.05, 0) is 60.7 Å². The van der Waals surface area contributed by atoms with Gasteiger partial charge < -0.3 is 0 Å². The van der Waals surface area contributed by atoms with Gasteiger partial charge in [0.15, 0.2) is 17.5 Å². The van der Waals surface area contributed by atoms with Gasteiger partial charge in [0.2, 0.25) is 0 Å². The Labute approximate surface area is 187 Å². The molecule has 0 fully saturated rings. The normalized spacial score (nSPS) is 10.9. The maximum absolute atomic E-state index is 13.3. The highest BCUT2D eigenvalue weighted by Crippen LogP contribution is 2.24. The molecule has 0 saturated heterocycles. The molecule has 0 aromatic heterocycles. The third-order valence-electron chi connectivity index (χ3n) is 5.08. The Morgan fingerprint density at radius 1 is 0.750 bits per heavy atom. The van der Waals surface area contributed by atoms with E-state index < -0.39 is 17.5 Å². The van der Waals surface area contributed by atoms with E-state index in [1.165, 1.54) is 24.8 Å². The van der Waals surface area contributed by atoms with Gasteiger partial charge in [0.25, 0.3) is 0 Å². The third kappa shape index (κ3) is 6.31. The van der Waals surface area contributed by atoms with E-state index >= 15 is 0 Å². The molecule has 0 aliphatic carbocycles. The van der Waals surface area contributed by atoms with Gasteiger partial charge in [-0.25, -0.2) is 13.2 Å². The minimum Gasteiger partial charge on any atom is -0.204 e. The van der Waals surface area contributed by atoms with Crippen molar-refractivity contribution in [3.63, 3.8) is 0 Å². The first kappa shape index (κ1) is 23.3. The molecule has 0 spiro atoms. The van der Waals surface area contributed by atoms with Crippen LogP contribution in [0, 0.1) is 29.3 Å². The average molecular weight is 435 g/mol. The van der Waals surface area contributed by atoms with Crippen LogP contribution in [0.4, 0.5) is 24.5 Å². The molecule has 0 aliphatic rings. The van der Waals surface area contributed by atoms with Gasteiger partial charge in [-0.1, -0.05) is 50.7 Å². The van der Waals surface area contributed by atoms with Crippen LogP contribution in [0.1, 0.15) is 55.4 Å². The topological polar surface area (TPSA) is 24.7 Å². The van der Waals surface area contributed by atoms with Gasteiger partial charge in [-0.15, -0.1) is 0 Å². The Morgan fingerprint density at radius 2 is 1.44 bits per heavy atom. The predicted molar refractivity (Wildman–Crippen MR) is 122 cm³/mol. The summed E-state index contributed by atoms with van der Waals surface area (Å²) in [5.41, 5.74) is 4.58. The number of halogens is 3. The van der Waals surface area contributed by atoms with E-state index in [1.54, 1.807) is 6.07 Å². The quantitative estimate of drug-likeness (QED) is 0.155. The predicted octanol–water partition coefficient (Wildman–Crippen LogP) is 8.21. The molecule has 3 aromatic carbocycles. The lowest BCUT2D eigenvalue weighted by molar-refractivity contribution is 0.447. The van der Waals surface area contributed by atoms with Crippen LogP contribution in [-0.4, -0.2) is 0 Å². The molecule has 0 N–H and O–H groups in total. The van der Waals surface area contributed by atoms with Crippen LogP contribution in [-0.2, 0) is 12.8 Å². The summed E-state index contributed by atoms with van der Waals surface area (Å²) in [6, 6.07) is 15.4. The highest BCUT2D eigenvalue weighted by Gasteiger charge is 2.10. The smallest absolute Gasteiger partial charge is 0.194 e. The van der Waals surface area contributed by atoms with E-state index in [2.05, 4.69) is 41.1 Å². The number of rotatable bonds is 7. The van der Waals surface area contributed by atoms with Crippen LogP contribution >= 0.6 is 0 Å². The Bertz CT molecular complexity index is 1130. The maximum Gasteiger partial charge on any atom is 0.194 e. The fraction of sp³-hybridized carbons (Fsp3) is 0.259. The first-order chi connectivity index (χ1) is 15.5. The number of nitrogens with zero attached hydrogens (tertiary/aromatic N) is 2. The van der Waals surface area contributed by atoms with Crippen LogP contribution in [0.5, 0.6) is 0 Å². The molecular weight excluding hydrogens is 409 g/mol. The number of hydrogen-bond donors (Lipinski definition) is 0. The van der Waals surface area contributed by atoms with Crippen molar-refractivity contribution < 1.29 is 13.2 Å². The van der Waals surface area contributed by atoms with E-state index in [1.807, 2.05) is 31.2 Å². The van der Waals surface area contributed by atoms with E-state index in [9.17, 15) is 13.2 Å². The molecular formula is C27H25F3N2. The largest absolute Gasteiger partial charge is 0.204 e. The molecule has 3 aromatic rings. The van der Waals surface area contributed by atoms with Crippen LogP contribution in [0.25, 0.3) is 0 Å². The lowest BCUT2D eigenvalue weighted by Gasteiger charge is -2.03. The summed E-state index contributed by atoms with van der Waals surface area (Å²) in [6.07, 6.45) is 5.50. The fourth-order valence-corrected chi connectivity index (χ4v) is 3.25. The highest BCUT2D eigenvalue weighted by molar-refractivity contribution is 5.52. The SMILES string of the molecule is CCCCCc1ccc(C#Cc2ccc(N=Nc3cc(F)c(F)c(F)c3)cc2CC)cc1. The molecule has 0 atom stereocenters. The highest BCUT2D eigenvalue weighted by atomic mass is 19.2. The fourth-order valence-electron chi connectivity index (χ4n) is 3.25. The maximum atomic E-state index is 13.3. The van der Waals surface area contributed by atoms with Crippen molar-refractivity contribution in [3.05, 3.63) is 94.3 Å². The number of aryl methyl sites for hydroxylation is 2. The second-order valence-corrected chi connectivity index (χ2v) is 7.52. The Hall–Kier alpha value is -3.39. The van der Waals surface area contributed by atoms with Crippen LogP contribution in [0.2, 0.25) is 0 Å². The molecule has 0 saturated carbocycles. The number of hydrogen-bond acceptors (Lipinski definition) is 2. The van der Waals surface area contributed by atoms with E-state index in [-0.39, 0.29) is 5.69 Å². The van der Waals surface area contributed by atoms with Crippen LogP contribution in [0.15, 0.2) is 64.8 Å². The van der Waals surface area contributed by atoms with Gasteiger partial charge >= 0.3 is 0 Å². The summed E-state index contributed by atoms with van der Waals surface area (Å²) < 4.78 is 39.7. The molecule has 2 nitrogen and oxygen atoms in total. The lowest BCUT2D eigenvalue weighted by atomic mass is 10.0. The molecule has 0 bridgehead atoms. The van der Waals surface area contributed by atoms with Gasteiger partial charge in [-0.3, -0.25) is 0 Å². The van der Waals surface area contributed by atoms with E-state index in [0.29, 0.717) is 5.69 Å². The first-order valence-corrected chi connectivity index (χ1v) is 10.8. The van der Waals surface area contributed by atoms with Gasteiger partial charge in [-0.2, -0.15) is 10.2 Å². The minimum absolute atomic E-state index is 0.0959. The second kappa shape index (κ2) is 11.3. The number of azo groups is 1. The summed E-state index contributed by atoms with van der Waals surface area (Å²) in [5, 5.41) is 7.83. The van der Waals surface area contributed by atoms with E-state index in [0.717, 1.165) is 41.7 Å². The second-order valence-electron chi connectivity index (χ2n) is 7.52. The van der Waals surface area contributed by atoms with Crippen LogP contribution < -0.4 is 0 Å². The summed E-state index contributed by atoms with van der Waals surface area (Å²) in [7, 11) is 0. The first-order valence-electron chi connectivity index (χ1n) is 10.8. The van der Waals surface area contributed by atoms with Crippen molar-refractivity contribution in [2.45, 2.75) is 46.0 Å². The monoisotopic (exact) mass is 434 g/mol. The number of benzene rings is 3. The lowest BCUT2D eigenvalue weighted by Crippen LogP contribution is -1.89. The zero-order chi connectivity index (χ0) is 22.9. The molecule has 0 heterocycles. The molecule has 0 amide bonds. The van der Waals surface area contributed by atoms with Gasteiger partial charge in [0.05, 0.1) is 11.4 Å². The molecule has 5 heteroatoms. The third-order valence-corrected chi connectivity index (χ3v) is 5.08. The zero-order valence-corrected chi connectivity index (χ0v) is 18.3. The van der Waals surface area contributed by atoms with Crippen LogP contribution in [0.3, 0.4) is 0 Å². The van der Waals surface area contributed by atoms with Crippen molar-refractivity contribution in [1.82, 2.24) is 0 Å². The standard InChI is InChI=1S/C27H25F3N2/c1-3-5-6-7-19-8-10-20(11-9-19)12-13-22-14-15-23(16-21(22)4-2)31-32-24-17-25(28)27(30)26(29)18-24/h8-11,14-18H,3-7H2,1-2H3. The van der Waals surface area contributed by atoms with Crippen molar-refractivity contribution >= 4 is 11.4 Å². The molecule has 32 heavy (non-hydrogen) atoms. The van der Waals surface area contributed by atoms with Crippen molar-refractivity contribution in [1.29, 1.82) is 0 Å². The van der Waals surface area contributed by atoms with E-state index in [4.69, 9.17) is 0 Å². The Balaban J connectivity index is 1.74. The molecule has 164 valence electrons. The van der Waals surface area contributed by atoms with Gasteiger partial charge in [0, 0.05) is 23.3 Å². The van der Waals surface area contributed by atoms with Crippen molar-refractivity contribution in [3.8, 4) is 11.8 Å². The summed E-state index contributed by atoms with van der Waals surface area (Å²) in [6.45, 7) is 4.21. The molecule has 0 radical (unpaired) electrons. The molecule has 3 rings (SSSR count). The zero-order valence-electron chi connectivity index (χ0n) is 18.3. The van der Waals surface area contributed by atoms with Crippen molar-refractivity contribution in [2.75, 3.05) is 0 Å². The van der Waals surface area contributed by atoms with Crippen molar-refractivity contribution in [2.24, 2.45) is 10.2 Å². The summed E-state index contributed by atoms with van der Waals surface area (Å²) >= 11 is 0. The Kier molecular flexibility index (Phi) is 8.21.